The number of rotatable bonds is 0. The molecule has 1 aliphatic heterocycles. The average molecular weight is 247 g/mol. The molecule has 1 unspecified atom stereocenters. The highest BCUT2D eigenvalue weighted by atomic mass is 16.3. The Labute approximate surface area is 108 Å². The van der Waals surface area contributed by atoms with Gasteiger partial charge in [-0.25, -0.2) is 0 Å². The van der Waals surface area contributed by atoms with E-state index in [1.54, 1.807) is 12.1 Å². The number of likely N-dealkylation sites (tertiary alicyclic amines) is 1. The first kappa shape index (κ1) is 11.8. The lowest BCUT2D eigenvalue weighted by molar-refractivity contribution is 0.288. The second-order valence-corrected chi connectivity index (χ2v) is 6.35. The van der Waals surface area contributed by atoms with Crippen molar-refractivity contribution in [3.8, 4) is 11.5 Å². The standard InChI is InChI=1S/C15H21NO2/c1-15-3-4-16(2)9-10(8-15)5-11-6-13(17)14(18)7-12(11)15/h6-7,10,17-18H,3-5,8-9H2,1-2H3/t10?,15-/m1/s1. The fraction of sp³-hybridized carbons (Fsp3) is 0.600. The van der Waals surface area contributed by atoms with Gasteiger partial charge in [-0.05, 0) is 67.4 Å². The van der Waals surface area contributed by atoms with Crippen molar-refractivity contribution in [3.05, 3.63) is 23.3 Å². The molecule has 18 heavy (non-hydrogen) atoms. The molecular weight excluding hydrogens is 226 g/mol. The lowest BCUT2D eigenvalue weighted by Crippen LogP contribution is -2.32. The van der Waals surface area contributed by atoms with E-state index in [0.29, 0.717) is 5.92 Å². The van der Waals surface area contributed by atoms with Gasteiger partial charge in [0, 0.05) is 6.54 Å². The summed E-state index contributed by atoms with van der Waals surface area (Å²) in [6.07, 6.45) is 3.33. The van der Waals surface area contributed by atoms with E-state index in [1.807, 2.05) is 0 Å². The van der Waals surface area contributed by atoms with E-state index in [-0.39, 0.29) is 16.9 Å². The molecule has 1 aromatic carbocycles. The topological polar surface area (TPSA) is 43.7 Å². The molecule has 0 radical (unpaired) electrons. The lowest BCUT2D eigenvalue weighted by atomic mass is 9.66. The molecule has 3 heteroatoms. The van der Waals surface area contributed by atoms with Crippen LogP contribution in [0.4, 0.5) is 0 Å². The zero-order valence-corrected chi connectivity index (χ0v) is 11.1. The van der Waals surface area contributed by atoms with E-state index in [1.165, 1.54) is 17.5 Å². The van der Waals surface area contributed by atoms with Crippen molar-refractivity contribution >= 4 is 0 Å². The minimum Gasteiger partial charge on any atom is -0.504 e. The van der Waals surface area contributed by atoms with Crippen LogP contribution in [-0.2, 0) is 11.8 Å². The van der Waals surface area contributed by atoms with Gasteiger partial charge in [-0.2, -0.15) is 0 Å². The number of benzene rings is 1. The van der Waals surface area contributed by atoms with Crippen molar-refractivity contribution in [2.24, 2.45) is 5.92 Å². The molecule has 0 saturated carbocycles. The van der Waals surface area contributed by atoms with E-state index in [9.17, 15) is 10.2 Å². The Morgan fingerprint density at radius 2 is 2.00 bits per heavy atom. The maximum absolute atomic E-state index is 9.75. The maximum Gasteiger partial charge on any atom is 0.157 e. The summed E-state index contributed by atoms with van der Waals surface area (Å²) in [6.45, 7) is 4.54. The third kappa shape index (κ3) is 1.77. The van der Waals surface area contributed by atoms with Crippen molar-refractivity contribution in [1.29, 1.82) is 0 Å². The van der Waals surface area contributed by atoms with Crippen LogP contribution in [0.3, 0.4) is 0 Å². The maximum atomic E-state index is 9.75. The monoisotopic (exact) mass is 247 g/mol. The van der Waals surface area contributed by atoms with Crippen LogP contribution in [0, 0.1) is 5.92 Å². The number of hydrogen-bond donors (Lipinski definition) is 2. The highest BCUT2D eigenvalue weighted by molar-refractivity contribution is 5.49. The highest BCUT2D eigenvalue weighted by Crippen LogP contribution is 2.46. The minimum atomic E-state index is 0.0179. The van der Waals surface area contributed by atoms with Crippen molar-refractivity contribution in [2.45, 2.75) is 31.6 Å². The third-order valence-corrected chi connectivity index (χ3v) is 4.71. The van der Waals surface area contributed by atoms with E-state index < -0.39 is 0 Å². The summed E-state index contributed by atoms with van der Waals surface area (Å²) < 4.78 is 0. The van der Waals surface area contributed by atoms with Crippen molar-refractivity contribution in [3.63, 3.8) is 0 Å². The van der Waals surface area contributed by atoms with Crippen LogP contribution < -0.4 is 0 Å². The first-order valence-electron chi connectivity index (χ1n) is 6.72. The largest absolute Gasteiger partial charge is 0.504 e. The third-order valence-electron chi connectivity index (χ3n) is 4.71. The quantitative estimate of drug-likeness (QED) is 0.691. The van der Waals surface area contributed by atoms with Crippen LogP contribution >= 0.6 is 0 Å². The predicted molar refractivity (Wildman–Crippen MR) is 71.0 cm³/mol. The summed E-state index contributed by atoms with van der Waals surface area (Å²) in [6, 6.07) is 3.55. The molecule has 1 saturated heterocycles. The van der Waals surface area contributed by atoms with Crippen molar-refractivity contribution < 1.29 is 10.2 Å². The number of phenolic OH excluding ortho intramolecular Hbond substituents is 2. The average Bonchev–Trinajstić information content (AvgIpc) is 2.41. The Hall–Kier alpha value is -1.22. The molecule has 2 bridgehead atoms. The number of aromatic hydroxyl groups is 2. The van der Waals surface area contributed by atoms with Gasteiger partial charge >= 0.3 is 0 Å². The van der Waals surface area contributed by atoms with Gasteiger partial charge in [-0.1, -0.05) is 6.92 Å². The van der Waals surface area contributed by atoms with Crippen molar-refractivity contribution in [1.82, 2.24) is 4.90 Å². The molecule has 0 aromatic heterocycles. The van der Waals surface area contributed by atoms with Crippen LogP contribution in [0.2, 0.25) is 0 Å². The number of nitrogens with zero attached hydrogens (tertiary/aromatic N) is 1. The summed E-state index contributed by atoms with van der Waals surface area (Å²) in [5.41, 5.74) is 2.61. The first-order valence-corrected chi connectivity index (χ1v) is 6.72. The molecule has 0 amide bonds. The molecule has 0 spiro atoms. The van der Waals surface area contributed by atoms with Gasteiger partial charge in [-0.15, -0.1) is 0 Å². The van der Waals surface area contributed by atoms with E-state index >= 15 is 0 Å². The second-order valence-electron chi connectivity index (χ2n) is 6.35. The van der Waals surface area contributed by atoms with E-state index in [2.05, 4.69) is 18.9 Å². The number of fused-ring (bicyclic) bond motifs is 4. The predicted octanol–water partition coefficient (Wildman–Crippen LogP) is 2.25. The molecule has 3 rings (SSSR count). The fourth-order valence-corrected chi connectivity index (χ4v) is 3.82. The molecule has 3 nitrogen and oxygen atoms in total. The van der Waals surface area contributed by atoms with Gasteiger partial charge in [0.15, 0.2) is 11.5 Å². The zero-order chi connectivity index (χ0) is 12.9. The Bertz CT molecular complexity index is 486. The first-order chi connectivity index (χ1) is 8.48. The molecule has 2 N–H and O–H groups in total. The molecular formula is C15H21NO2. The summed E-state index contributed by atoms with van der Waals surface area (Å²) >= 11 is 0. The minimum absolute atomic E-state index is 0.0179. The zero-order valence-electron chi connectivity index (χ0n) is 11.1. The molecule has 2 aliphatic rings. The van der Waals surface area contributed by atoms with Gasteiger partial charge in [0.2, 0.25) is 0 Å². The van der Waals surface area contributed by atoms with Gasteiger partial charge in [0.25, 0.3) is 0 Å². The van der Waals surface area contributed by atoms with Crippen LogP contribution in [0.1, 0.15) is 30.9 Å². The van der Waals surface area contributed by atoms with E-state index in [4.69, 9.17) is 0 Å². The number of phenols is 2. The summed E-state index contributed by atoms with van der Waals surface area (Å²) in [7, 11) is 2.18. The van der Waals surface area contributed by atoms with Crippen LogP contribution in [0.15, 0.2) is 12.1 Å². The molecule has 98 valence electrons. The van der Waals surface area contributed by atoms with Gasteiger partial charge in [0.1, 0.15) is 0 Å². The molecule has 1 aliphatic carbocycles. The second kappa shape index (κ2) is 3.89. The lowest BCUT2D eigenvalue weighted by Gasteiger charge is -2.38. The smallest absolute Gasteiger partial charge is 0.157 e. The summed E-state index contributed by atoms with van der Waals surface area (Å²) in [4.78, 5) is 2.40. The summed E-state index contributed by atoms with van der Waals surface area (Å²) in [5, 5.41) is 19.4. The highest BCUT2D eigenvalue weighted by Gasteiger charge is 2.39. The molecule has 2 atom stereocenters. The normalized spacial score (nSPS) is 31.8. The molecule has 1 heterocycles. The Balaban J connectivity index is 2.10. The number of hydrogen-bond acceptors (Lipinski definition) is 3. The van der Waals surface area contributed by atoms with Gasteiger partial charge < -0.3 is 15.1 Å². The Morgan fingerprint density at radius 3 is 2.78 bits per heavy atom. The molecule has 1 fully saturated rings. The van der Waals surface area contributed by atoms with Crippen LogP contribution in [0.5, 0.6) is 11.5 Å². The molecule has 1 aromatic rings. The SMILES string of the molecule is CN1CC[C@]2(C)CC(Cc3cc(O)c(O)cc32)C1. The van der Waals surface area contributed by atoms with Crippen LogP contribution in [-0.4, -0.2) is 35.3 Å². The summed E-state index contributed by atoms with van der Waals surface area (Å²) in [5.74, 6) is 0.703. The van der Waals surface area contributed by atoms with Gasteiger partial charge in [-0.3, -0.25) is 0 Å². The Kier molecular flexibility index (Phi) is 2.56. The van der Waals surface area contributed by atoms with Crippen molar-refractivity contribution in [2.75, 3.05) is 20.1 Å². The fourth-order valence-electron chi connectivity index (χ4n) is 3.82. The Morgan fingerprint density at radius 1 is 1.28 bits per heavy atom. The van der Waals surface area contributed by atoms with Crippen LogP contribution in [0.25, 0.3) is 0 Å². The van der Waals surface area contributed by atoms with Gasteiger partial charge in [0.05, 0.1) is 0 Å². The van der Waals surface area contributed by atoms with E-state index in [0.717, 1.165) is 25.9 Å².